The third-order valence-electron chi connectivity index (χ3n) is 4.12. The second kappa shape index (κ2) is 8.85. The van der Waals surface area contributed by atoms with Crippen LogP contribution in [-0.4, -0.2) is 35.0 Å². The van der Waals surface area contributed by atoms with Crippen molar-refractivity contribution in [2.45, 2.75) is 63.2 Å². The Labute approximate surface area is 146 Å². The predicted octanol–water partition coefficient (Wildman–Crippen LogP) is 2.89. The predicted molar refractivity (Wildman–Crippen MR) is 94.0 cm³/mol. The fourth-order valence-corrected chi connectivity index (χ4v) is 3.82. The SMILES string of the molecule is CC(=O)C[C@@H](CCCC1(C)OCCO1)NS(=O)c1ccc(C)cc1. The summed E-state index contributed by atoms with van der Waals surface area (Å²) in [7, 11) is -1.32. The van der Waals surface area contributed by atoms with E-state index >= 15 is 0 Å². The number of carbonyl (C=O) groups excluding carboxylic acids is 1. The molecule has 2 atom stereocenters. The van der Waals surface area contributed by atoms with Gasteiger partial charge in [-0.05, 0) is 45.7 Å². The Morgan fingerprint density at radius 2 is 1.92 bits per heavy atom. The molecule has 1 aliphatic heterocycles. The minimum atomic E-state index is -1.32. The van der Waals surface area contributed by atoms with E-state index in [9.17, 15) is 9.00 Å². The molecular weight excluding hydrogens is 326 g/mol. The molecule has 1 saturated heterocycles. The molecule has 0 radical (unpaired) electrons. The topological polar surface area (TPSA) is 64.6 Å². The summed E-state index contributed by atoms with van der Waals surface area (Å²) >= 11 is 0. The molecule has 6 heteroatoms. The van der Waals surface area contributed by atoms with Crippen molar-refractivity contribution in [2.24, 2.45) is 0 Å². The molecule has 2 rings (SSSR count). The summed E-state index contributed by atoms with van der Waals surface area (Å²) in [4.78, 5) is 12.2. The quantitative estimate of drug-likeness (QED) is 0.741. The molecule has 0 saturated carbocycles. The normalized spacial score (nSPS) is 19.1. The third-order valence-corrected chi connectivity index (χ3v) is 5.37. The van der Waals surface area contributed by atoms with E-state index in [1.54, 1.807) is 6.92 Å². The molecule has 1 aliphatic rings. The fourth-order valence-electron chi connectivity index (χ4n) is 2.80. The van der Waals surface area contributed by atoms with Gasteiger partial charge in [-0.25, -0.2) is 8.93 Å². The van der Waals surface area contributed by atoms with Gasteiger partial charge in [-0.3, -0.25) is 4.79 Å². The van der Waals surface area contributed by atoms with E-state index in [1.165, 1.54) is 0 Å². The molecule has 1 N–H and O–H groups in total. The molecule has 5 nitrogen and oxygen atoms in total. The van der Waals surface area contributed by atoms with Gasteiger partial charge < -0.3 is 9.47 Å². The van der Waals surface area contributed by atoms with Crippen molar-refractivity contribution in [1.82, 2.24) is 4.72 Å². The maximum Gasteiger partial charge on any atom is 0.165 e. The van der Waals surface area contributed by atoms with Gasteiger partial charge in [-0.2, -0.15) is 0 Å². The molecule has 0 aliphatic carbocycles. The van der Waals surface area contributed by atoms with Crippen molar-refractivity contribution in [3.63, 3.8) is 0 Å². The first kappa shape index (κ1) is 19.2. The summed E-state index contributed by atoms with van der Waals surface area (Å²) in [5, 5.41) is 0. The number of carbonyl (C=O) groups is 1. The van der Waals surface area contributed by atoms with Gasteiger partial charge in [0.25, 0.3) is 0 Å². The Kier molecular flexibility index (Phi) is 7.10. The monoisotopic (exact) mass is 353 g/mol. The van der Waals surface area contributed by atoms with Crippen LogP contribution in [0.4, 0.5) is 0 Å². The molecule has 1 fully saturated rings. The molecule has 134 valence electrons. The first-order valence-electron chi connectivity index (χ1n) is 8.40. The van der Waals surface area contributed by atoms with Crippen LogP contribution in [0.2, 0.25) is 0 Å². The summed E-state index contributed by atoms with van der Waals surface area (Å²) in [6, 6.07) is 7.46. The summed E-state index contributed by atoms with van der Waals surface area (Å²) in [6.07, 6.45) is 2.72. The lowest BCUT2D eigenvalue weighted by molar-refractivity contribution is -0.147. The van der Waals surface area contributed by atoms with E-state index in [1.807, 2.05) is 38.1 Å². The third kappa shape index (κ3) is 6.09. The number of hydrogen-bond acceptors (Lipinski definition) is 4. The highest BCUT2D eigenvalue weighted by Crippen LogP contribution is 2.25. The summed E-state index contributed by atoms with van der Waals surface area (Å²) in [5.74, 6) is -0.426. The molecule has 1 unspecified atom stereocenters. The van der Waals surface area contributed by atoms with Gasteiger partial charge in [-0.1, -0.05) is 17.7 Å². The molecule has 0 aromatic heterocycles. The van der Waals surface area contributed by atoms with Crippen LogP contribution >= 0.6 is 0 Å². The Morgan fingerprint density at radius 3 is 2.50 bits per heavy atom. The molecule has 1 aromatic carbocycles. The minimum Gasteiger partial charge on any atom is -0.348 e. The van der Waals surface area contributed by atoms with Gasteiger partial charge in [0.2, 0.25) is 0 Å². The molecular formula is C18H27NO4S. The van der Waals surface area contributed by atoms with Gasteiger partial charge in [0.15, 0.2) is 5.79 Å². The average Bonchev–Trinajstić information content (AvgIpc) is 2.94. The molecule has 1 heterocycles. The number of rotatable bonds is 9. The van der Waals surface area contributed by atoms with Crippen molar-refractivity contribution in [1.29, 1.82) is 0 Å². The zero-order valence-corrected chi connectivity index (χ0v) is 15.5. The van der Waals surface area contributed by atoms with Crippen molar-refractivity contribution in [2.75, 3.05) is 13.2 Å². The average molecular weight is 353 g/mol. The van der Waals surface area contributed by atoms with E-state index in [-0.39, 0.29) is 11.8 Å². The van der Waals surface area contributed by atoms with Crippen LogP contribution in [0.25, 0.3) is 0 Å². The van der Waals surface area contributed by atoms with Crippen molar-refractivity contribution < 1.29 is 18.5 Å². The maximum absolute atomic E-state index is 12.5. The van der Waals surface area contributed by atoms with Crippen LogP contribution in [0.3, 0.4) is 0 Å². The lowest BCUT2D eigenvalue weighted by Crippen LogP contribution is -2.33. The summed E-state index contributed by atoms with van der Waals surface area (Å²) in [6.45, 7) is 6.75. The smallest absolute Gasteiger partial charge is 0.165 e. The van der Waals surface area contributed by atoms with Crippen LogP contribution in [0, 0.1) is 6.92 Å². The Hall–Kier alpha value is -1.08. The summed E-state index contributed by atoms with van der Waals surface area (Å²) < 4.78 is 26.8. The fraction of sp³-hybridized carbons (Fsp3) is 0.611. The number of ketones is 1. The number of Topliss-reactive ketones (excluding diaryl/α,β-unsaturated/α-hetero) is 1. The largest absolute Gasteiger partial charge is 0.348 e. The standard InChI is InChI=1S/C18H27NO4S/c1-14-6-8-17(9-7-14)24(21)19-16(13-15(2)20)5-4-10-18(3)22-11-12-23-18/h6-9,16,19H,4-5,10-13H2,1-3H3/t16-,24?/m1/s1. The van der Waals surface area contributed by atoms with E-state index in [4.69, 9.17) is 9.47 Å². The second-order valence-electron chi connectivity index (χ2n) is 6.53. The molecule has 24 heavy (non-hydrogen) atoms. The zero-order valence-electron chi connectivity index (χ0n) is 14.7. The molecule has 0 spiro atoms. The van der Waals surface area contributed by atoms with Crippen LogP contribution in [0.15, 0.2) is 29.2 Å². The van der Waals surface area contributed by atoms with Crippen LogP contribution in [0.1, 0.15) is 45.1 Å². The Bertz CT molecular complexity index is 567. The van der Waals surface area contributed by atoms with E-state index in [2.05, 4.69) is 4.72 Å². The summed E-state index contributed by atoms with van der Waals surface area (Å²) in [5.41, 5.74) is 1.13. The van der Waals surface area contributed by atoms with Gasteiger partial charge in [0.05, 0.1) is 18.1 Å². The highest BCUT2D eigenvalue weighted by Gasteiger charge is 2.30. The molecule has 1 aromatic rings. The first-order chi connectivity index (χ1) is 11.4. The van der Waals surface area contributed by atoms with E-state index in [0.29, 0.717) is 19.6 Å². The van der Waals surface area contributed by atoms with Crippen molar-refractivity contribution in [3.8, 4) is 0 Å². The number of hydrogen-bond donors (Lipinski definition) is 1. The van der Waals surface area contributed by atoms with Crippen molar-refractivity contribution >= 4 is 16.8 Å². The highest BCUT2D eigenvalue weighted by atomic mass is 32.2. The van der Waals surface area contributed by atoms with Gasteiger partial charge in [0.1, 0.15) is 16.8 Å². The van der Waals surface area contributed by atoms with Crippen LogP contribution in [-0.2, 0) is 25.3 Å². The Morgan fingerprint density at radius 1 is 1.29 bits per heavy atom. The van der Waals surface area contributed by atoms with E-state index in [0.717, 1.165) is 29.7 Å². The lowest BCUT2D eigenvalue weighted by Gasteiger charge is -2.23. The minimum absolute atomic E-state index is 0.0907. The number of ether oxygens (including phenoxy) is 2. The van der Waals surface area contributed by atoms with Crippen molar-refractivity contribution in [3.05, 3.63) is 29.8 Å². The maximum atomic E-state index is 12.5. The van der Waals surface area contributed by atoms with Gasteiger partial charge in [0, 0.05) is 18.9 Å². The second-order valence-corrected chi connectivity index (χ2v) is 7.77. The van der Waals surface area contributed by atoms with E-state index < -0.39 is 16.8 Å². The van der Waals surface area contributed by atoms with Crippen LogP contribution in [0.5, 0.6) is 0 Å². The zero-order chi connectivity index (χ0) is 17.6. The number of aryl methyl sites for hydroxylation is 1. The first-order valence-corrected chi connectivity index (χ1v) is 9.55. The number of benzene rings is 1. The lowest BCUT2D eigenvalue weighted by atomic mass is 10.0. The van der Waals surface area contributed by atoms with Crippen LogP contribution < -0.4 is 4.72 Å². The van der Waals surface area contributed by atoms with Gasteiger partial charge in [-0.15, -0.1) is 0 Å². The van der Waals surface area contributed by atoms with Gasteiger partial charge >= 0.3 is 0 Å². The molecule has 0 bridgehead atoms. The number of nitrogens with one attached hydrogen (secondary N) is 1. The highest BCUT2D eigenvalue weighted by molar-refractivity contribution is 7.83. The molecule has 0 amide bonds. The Balaban J connectivity index is 1.88.